The number of anilines is 1. The van der Waals surface area contributed by atoms with Gasteiger partial charge in [0.25, 0.3) is 0 Å². The molecule has 8 nitrogen and oxygen atoms in total. The summed E-state index contributed by atoms with van der Waals surface area (Å²) in [5.41, 5.74) is 0.420. The highest BCUT2D eigenvalue weighted by Gasteiger charge is 2.19. The summed E-state index contributed by atoms with van der Waals surface area (Å²) in [6, 6.07) is 7.07. The van der Waals surface area contributed by atoms with Crippen LogP contribution >= 0.6 is 11.8 Å². The molecule has 1 aromatic heterocycles. The number of carbonyl (C=O) groups excluding carboxylic acids is 2. The third kappa shape index (κ3) is 4.85. The molecule has 9 heteroatoms. The van der Waals surface area contributed by atoms with Gasteiger partial charge in [-0.25, -0.2) is 9.59 Å². The number of aryl methyl sites for hydroxylation is 1. The quantitative estimate of drug-likeness (QED) is 0.431. The first kappa shape index (κ1) is 19.5. The molecular weight excluding hydrogens is 358 g/mol. The number of amides is 1. The number of nitrogens with one attached hydrogen (secondary N) is 2. The normalized spacial score (nSPS) is 10.3. The second kappa shape index (κ2) is 9.04. The van der Waals surface area contributed by atoms with Gasteiger partial charge in [0.15, 0.2) is 0 Å². The summed E-state index contributed by atoms with van der Waals surface area (Å²) in [5.74, 6) is -0.428. The Morgan fingerprint density at radius 1 is 1.31 bits per heavy atom. The van der Waals surface area contributed by atoms with Gasteiger partial charge in [0.05, 0.1) is 25.2 Å². The van der Waals surface area contributed by atoms with E-state index in [9.17, 15) is 14.4 Å². The third-order valence-electron chi connectivity index (χ3n) is 3.28. The van der Waals surface area contributed by atoms with Crippen molar-refractivity contribution in [1.29, 1.82) is 0 Å². The van der Waals surface area contributed by atoms with E-state index >= 15 is 0 Å². The van der Waals surface area contributed by atoms with Crippen molar-refractivity contribution in [1.82, 2.24) is 9.97 Å². The Hall–Kier alpha value is -2.81. The van der Waals surface area contributed by atoms with E-state index in [2.05, 4.69) is 15.3 Å². The number of hydrogen-bond donors (Lipinski definition) is 2. The molecule has 138 valence electrons. The molecule has 0 unspecified atom stereocenters. The summed E-state index contributed by atoms with van der Waals surface area (Å²) in [5, 5.41) is 2.89. The molecule has 0 aliphatic carbocycles. The van der Waals surface area contributed by atoms with Crippen LogP contribution in [0, 0.1) is 6.92 Å². The lowest BCUT2D eigenvalue weighted by molar-refractivity contribution is -0.113. The fraction of sp³-hybridized carbons (Fsp3) is 0.294. The molecular formula is C17H19N3O5S. The van der Waals surface area contributed by atoms with Crippen molar-refractivity contribution in [3.05, 3.63) is 46.0 Å². The first-order chi connectivity index (χ1) is 12.5. The van der Waals surface area contributed by atoms with Crippen molar-refractivity contribution >= 4 is 29.3 Å². The standard InChI is InChI=1S/C17H19N3O5S/c1-4-25-12-8-6-5-7-11(12)19-13(21)9-26-15-14(16(22)24-3)10(2)18-17(23)20-15/h5-8H,4,9H2,1-3H3,(H,19,21)(H,18,20,23). The maximum absolute atomic E-state index is 12.2. The number of aromatic amines is 1. The number of hydrogen-bond acceptors (Lipinski definition) is 7. The Labute approximate surface area is 154 Å². The van der Waals surface area contributed by atoms with Crippen LogP contribution in [-0.2, 0) is 9.53 Å². The molecule has 1 heterocycles. The van der Waals surface area contributed by atoms with E-state index in [1.807, 2.05) is 6.92 Å². The Kier molecular flexibility index (Phi) is 6.79. The van der Waals surface area contributed by atoms with Crippen LogP contribution in [0.5, 0.6) is 5.75 Å². The number of ether oxygens (including phenoxy) is 2. The molecule has 1 amide bonds. The fourth-order valence-corrected chi connectivity index (χ4v) is 3.05. The van der Waals surface area contributed by atoms with Crippen molar-refractivity contribution in [2.45, 2.75) is 18.9 Å². The van der Waals surface area contributed by atoms with Crippen LogP contribution in [0.15, 0.2) is 34.1 Å². The molecule has 0 spiro atoms. The zero-order valence-corrected chi connectivity index (χ0v) is 15.4. The Morgan fingerprint density at radius 2 is 2.04 bits per heavy atom. The van der Waals surface area contributed by atoms with Crippen LogP contribution in [-0.4, -0.2) is 41.3 Å². The zero-order valence-electron chi connectivity index (χ0n) is 14.6. The number of para-hydroxylation sites is 2. The summed E-state index contributed by atoms with van der Waals surface area (Å²) >= 11 is 0.981. The van der Waals surface area contributed by atoms with Gasteiger partial charge < -0.3 is 19.8 Å². The van der Waals surface area contributed by atoms with Crippen LogP contribution in [0.25, 0.3) is 0 Å². The number of methoxy groups -OCH3 is 1. The SMILES string of the molecule is CCOc1ccccc1NC(=O)CSc1nc(=O)[nH]c(C)c1C(=O)OC. The predicted octanol–water partition coefficient (Wildman–Crippen LogP) is 1.99. The first-order valence-corrected chi connectivity index (χ1v) is 8.78. The molecule has 0 aliphatic rings. The van der Waals surface area contributed by atoms with Gasteiger partial charge in [0.1, 0.15) is 16.3 Å². The lowest BCUT2D eigenvalue weighted by atomic mass is 10.2. The Morgan fingerprint density at radius 3 is 2.73 bits per heavy atom. The Balaban J connectivity index is 2.13. The predicted molar refractivity (Wildman–Crippen MR) is 97.9 cm³/mol. The minimum Gasteiger partial charge on any atom is -0.492 e. The van der Waals surface area contributed by atoms with E-state index in [0.717, 1.165) is 11.8 Å². The number of aromatic nitrogens is 2. The highest BCUT2D eigenvalue weighted by Crippen LogP contribution is 2.25. The monoisotopic (exact) mass is 377 g/mol. The van der Waals surface area contributed by atoms with Gasteiger partial charge in [-0.1, -0.05) is 23.9 Å². The molecule has 0 radical (unpaired) electrons. The molecule has 0 fully saturated rings. The average Bonchev–Trinajstić information content (AvgIpc) is 2.61. The number of esters is 1. The molecule has 26 heavy (non-hydrogen) atoms. The highest BCUT2D eigenvalue weighted by atomic mass is 32.2. The molecule has 0 saturated carbocycles. The van der Waals surface area contributed by atoms with Crippen LogP contribution in [0.2, 0.25) is 0 Å². The van der Waals surface area contributed by atoms with E-state index in [0.29, 0.717) is 23.7 Å². The molecule has 2 N–H and O–H groups in total. The topological polar surface area (TPSA) is 110 Å². The third-order valence-corrected chi connectivity index (χ3v) is 4.25. The molecule has 0 saturated heterocycles. The molecule has 2 rings (SSSR count). The summed E-state index contributed by atoms with van der Waals surface area (Å²) < 4.78 is 10.2. The average molecular weight is 377 g/mol. The summed E-state index contributed by atoms with van der Waals surface area (Å²) in [4.78, 5) is 41.9. The lowest BCUT2D eigenvalue weighted by Gasteiger charge is -2.12. The van der Waals surface area contributed by atoms with Crippen molar-refractivity contribution in [3.8, 4) is 5.75 Å². The van der Waals surface area contributed by atoms with Crippen molar-refractivity contribution in [2.24, 2.45) is 0 Å². The van der Waals surface area contributed by atoms with Gasteiger partial charge in [-0.2, -0.15) is 4.98 Å². The zero-order chi connectivity index (χ0) is 19.1. The number of rotatable bonds is 7. The van der Waals surface area contributed by atoms with Crippen LogP contribution in [0.4, 0.5) is 5.69 Å². The number of nitrogens with zero attached hydrogens (tertiary/aromatic N) is 1. The molecule has 0 aliphatic heterocycles. The largest absolute Gasteiger partial charge is 0.492 e. The highest BCUT2D eigenvalue weighted by molar-refractivity contribution is 8.00. The molecule has 0 atom stereocenters. The van der Waals surface area contributed by atoms with E-state index in [-0.39, 0.29) is 22.2 Å². The van der Waals surface area contributed by atoms with Gasteiger partial charge in [-0.3, -0.25) is 4.79 Å². The second-order valence-corrected chi connectivity index (χ2v) is 6.07. The Bertz CT molecular complexity index is 866. The lowest BCUT2D eigenvalue weighted by Crippen LogP contribution is -2.20. The first-order valence-electron chi connectivity index (χ1n) is 7.80. The second-order valence-electron chi connectivity index (χ2n) is 5.10. The summed E-state index contributed by atoms with van der Waals surface area (Å²) in [7, 11) is 1.23. The van der Waals surface area contributed by atoms with E-state index < -0.39 is 11.7 Å². The minimum absolute atomic E-state index is 0.0413. The molecule has 1 aromatic carbocycles. The maximum atomic E-state index is 12.2. The number of carbonyl (C=O) groups is 2. The van der Waals surface area contributed by atoms with Gasteiger partial charge in [0, 0.05) is 5.69 Å². The van der Waals surface area contributed by atoms with Crippen molar-refractivity contribution < 1.29 is 19.1 Å². The van der Waals surface area contributed by atoms with Crippen LogP contribution < -0.4 is 15.7 Å². The molecule has 0 bridgehead atoms. The summed E-state index contributed by atoms with van der Waals surface area (Å²) in [6.45, 7) is 3.89. The van der Waals surface area contributed by atoms with Crippen LogP contribution in [0.3, 0.4) is 0 Å². The van der Waals surface area contributed by atoms with Crippen LogP contribution in [0.1, 0.15) is 23.0 Å². The van der Waals surface area contributed by atoms with Gasteiger partial charge >= 0.3 is 11.7 Å². The maximum Gasteiger partial charge on any atom is 0.346 e. The summed E-state index contributed by atoms with van der Waals surface area (Å²) in [6.07, 6.45) is 0. The van der Waals surface area contributed by atoms with Crippen molar-refractivity contribution in [3.63, 3.8) is 0 Å². The minimum atomic E-state index is -0.629. The van der Waals surface area contributed by atoms with Gasteiger partial charge in [0.2, 0.25) is 5.91 Å². The number of thioether (sulfide) groups is 1. The molecule has 2 aromatic rings. The number of H-pyrrole nitrogens is 1. The van der Waals surface area contributed by atoms with Gasteiger partial charge in [-0.05, 0) is 26.0 Å². The van der Waals surface area contributed by atoms with Gasteiger partial charge in [-0.15, -0.1) is 0 Å². The fourth-order valence-electron chi connectivity index (χ4n) is 2.18. The van der Waals surface area contributed by atoms with Crippen molar-refractivity contribution in [2.75, 3.05) is 24.8 Å². The van der Waals surface area contributed by atoms with E-state index in [4.69, 9.17) is 9.47 Å². The smallest absolute Gasteiger partial charge is 0.346 e. The van der Waals surface area contributed by atoms with E-state index in [1.165, 1.54) is 7.11 Å². The number of benzene rings is 1. The van der Waals surface area contributed by atoms with E-state index in [1.54, 1.807) is 31.2 Å².